The molecule has 1 heterocycles. The lowest BCUT2D eigenvalue weighted by Gasteiger charge is -2.22. The van der Waals surface area contributed by atoms with Gasteiger partial charge in [-0.2, -0.15) is 0 Å². The molecule has 0 saturated carbocycles. The number of aliphatic hydroxyl groups excluding tert-OH is 2. The van der Waals surface area contributed by atoms with Crippen LogP contribution in [-0.4, -0.2) is 33.8 Å². The number of aromatic amines is 1. The number of nitrogens with one attached hydrogen (secondary N) is 2. The molecule has 0 aliphatic carbocycles. The fourth-order valence-electron chi connectivity index (χ4n) is 2.48. The molecular weight excluding hydrogens is 296 g/mol. The first-order valence-electron chi connectivity index (χ1n) is 7.29. The van der Waals surface area contributed by atoms with Gasteiger partial charge in [0.05, 0.1) is 12.6 Å². The summed E-state index contributed by atoms with van der Waals surface area (Å²) in [6.45, 7) is 2.90. The summed E-state index contributed by atoms with van der Waals surface area (Å²) in [5.74, 6) is -0.627. The molecule has 0 spiro atoms. The van der Waals surface area contributed by atoms with E-state index in [0.717, 1.165) is 0 Å². The standard InChI is InChI=1S/C17H20N2O4/c1-10-8-14(21)15(11(2)18-10)17(23)19-13(9-20)16(22)12-6-4-3-5-7-12/h3-8,13,16,20,22H,9H2,1-2H3,(H,18,21)(H,19,23)/t13-,16-/m0/s1. The van der Waals surface area contributed by atoms with Crippen LogP contribution in [0, 0.1) is 13.8 Å². The lowest BCUT2D eigenvalue weighted by atomic mass is 10.0. The summed E-state index contributed by atoms with van der Waals surface area (Å²) < 4.78 is 0. The lowest BCUT2D eigenvalue weighted by Crippen LogP contribution is -2.43. The number of benzene rings is 1. The average Bonchev–Trinajstić information content (AvgIpc) is 2.51. The van der Waals surface area contributed by atoms with E-state index in [0.29, 0.717) is 17.0 Å². The summed E-state index contributed by atoms with van der Waals surface area (Å²) >= 11 is 0. The van der Waals surface area contributed by atoms with E-state index in [4.69, 9.17) is 0 Å². The third-order valence-electron chi connectivity index (χ3n) is 3.62. The van der Waals surface area contributed by atoms with Crippen molar-refractivity contribution in [2.45, 2.75) is 26.0 Å². The molecule has 0 radical (unpaired) electrons. The Bertz CT molecular complexity index is 740. The first-order chi connectivity index (χ1) is 10.9. The molecule has 23 heavy (non-hydrogen) atoms. The minimum absolute atomic E-state index is 0.0192. The van der Waals surface area contributed by atoms with Crippen LogP contribution in [0.3, 0.4) is 0 Å². The van der Waals surface area contributed by atoms with Gasteiger partial charge in [0.25, 0.3) is 5.91 Å². The van der Waals surface area contributed by atoms with Crippen LogP contribution in [0.25, 0.3) is 0 Å². The number of aryl methyl sites for hydroxylation is 2. The van der Waals surface area contributed by atoms with Crippen molar-refractivity contribution in [2.75, 3.05) is 6.61 Å². The van der Waals surface area contributed by atoms with Crippen molar-refractivity contribution in [3.05, 3.63) is 69.1 Å². The van der Waals surface area contributed by atoms with Crippen LogP contribution in [0.1, 0.15) is 33.4 Å². The van der Waals surface area contributed by atoms with E-state index in [2.05, 4.69) is 10.3 Å². The van der Waals surface area contributed by atoms with E-state index >= 15 is 0 Å². The van der Waals surface area contributed by atoms with E-state index in [1.54, 1.807) is 44.2 Å². The van der Waals surface area contributed by atoms with E-state index in [-0.39, 0.29) is 5.56 Å². The molecule has 4 N–H and O–H groups in total. The van der Waals surface area contributed by atoms with Crippen molar-refractivity contribution in [2.24, 2.45) is 0 Å². The molecule has 0 aliphatic rings. The maximum atomic E-state index is 12.3. The molecule has 0 unspecified atom stereocenters. The Morgan fingerprint density at radius 1 is 1.26 bits per heavy atom. The van der Waals surface area contributed by atoms with Gasteiger partial charge in [-0.15, -0.1) is 0 Å². The van der Waals surface area contributed by atoms with Crippen molar-refractivity contribution in [1.82, 2.24) is 10.3 Å². The molecule has 6 heteroatoms. The lowest BCUT2D eigenvalue weighted by molar-refractivity contribution is 0.0701. The molecule has 0 fully saturated rings. The molecule has 0 aliphatic heterocycles. The van der Waals surface area contributed by atoms with Crippen LogP contribution in [0.5, 0.6) is 0 Å². The highest BCUT2D eigenvalue weighted by molar-refractivity contribution is 5.95. The van der Waals surface area contributed by atoms with E-state index < -0.39 is 30.1 Å². The first-order valence-corrected chi connectivity index (χ1v) is 7.29. The number of hydrogen-bond acceptors (Lipinski definition) is 4. The normalized spacial score (nSPS) is 13.4. The van der Waals surface area contributed by atoms with Gasteiger partial charge < -0.3 is 20.5 Å². The number of H-pyrrole nitrogens is 1. The van der Waals surface area contributed by atoms with E-state index in [1.165, 1.54) is 6.07 Å². The molecule has 0 bridgehead atoms. The van der Waals surface area contributed by atoms with E-state index in [9.17, 15) is 19.8 Å². The largest absolute Gasteiger partial charge is 0.394 e. The van der Waals surface area contributed by atoms with Crippen molar-refractivity contribution in [3.63, 3.8) is 0 Å². The van der Waals surface area contributed by atoms with Crippen molar-refractivity contribution in [1.29, 1.82) is 0 Å². The monoisotopic (exact) mass is 316 g/mol. The topological polar surface area (TPSA) is 102 Å². The number of carbonyl (C=O) groups is 1. The Kier molecular flexibility index (Phi) is 5.31. The zero-order valence-electron chi connectivity index (χ0n) is 13.0. The number of hydrogen-bond donors (Lipinski definition) is 4. The molecular formula is C17H20N2O4. The molecule has 0 saturated heterocycles. The third-order valence-corrected chi connectivity index (χ3v) is 3.62. The molecule has 1 aromatic heterocycles. The Hall–Kier alpha value is -2.44. The van der Waals surface area contributed by atoms with Crippen LogP contribution in [0.2, 0.25) is 0 Å². The van der Waals surface area contributed by atoms with Gasteiger partial charge in [0.1, 0.15) is 11.7 Å². The number of pyridine rings is 1. The minimum atomic E-state index is -1.07. The van der Waals surface area contributed by atoms with Gasteiger partial charge in [0.15, 0.2) is 5.43 Å². The maximum absolute atomic E-state index is 12.3. The zero-order chi connectivity index (χ0) is 17.0. The Morgan fingerprint density at radius 2 is 1.91 bits per heavy atom. The Balaban J connectivity index is 2.23. The second kappa shape index (κ2) is 7.21. The van der Waals surface area contributed by atoms with Gasteiger partial charge in [-0.05, 0) is 19.4 Å². The summed E-state index contributed by atoms with van der Waals surface area (Å²) in [5, 5.41) is 22.3. The number of rotatable bonds is 5. The summed E-state index contributed by atoms with van der Waals surface area (Å²) in [7, 11) is 0. The highest BCUT2D eigenvalue weighted by atomic mass is 16.3. The summed E-state index contributed by atoms with van der Waals surface area (Å²) in [4.78, 5) is 27.3. The summed E-state index contributed by atoms with van der Waals surface area (Å²) in [6.07, 6.45) is -1.07. The fraction of sp³-hybridized carbons (Fsp3) is 0.294. The van der Waals surface area contributed by atoms with Gasteiger partial charge in [-0.25, -0.2) is 0 Å². The molecule has 2 aromatic rings. The summed E-state index contributed by atoms with van der Waals surface area (Å²) in [6, 6.07) is 9.13. The Labute approximate surface area is 133 Å². The molecule has 2 atom stereocenters. The van der Waals surface area contributed by atoms with Crippen molar-refractivity contribution < 1.29 is 15.0 Å². The van der Waals surface area contributed by atoms with Gasteiger partial charge in [0.2, 0.25) is 0 Å². The molecule has 1 aromatic carbocycles. The number of aromatic nitrogens is 1. The van der Waals surface area contributed by atoms with Gasteiger partial charge >= 0.3 is 0 Å². The van der Waals surface area contributed by atoms with Crippen molar-refractivity contribution in [3.8, 4) is 0 Å². The molecule has 1 amide bonds. The maximum Gasteiger partial charge on any atom is 0.257 e. The van der Waals surface area contributed by atoms with Crippen LogP contribution >= 0.6 is 0 Å². The predicted molar refractivity (Wildman–Crippen MR) is 86.3 cm³/mol. The minimum Gasteiger partial charge on any atom is -0.394 e. The molecule has 6 nitrogen and oxygen atoms in total. The van der Waals surface area contributed by atoms with Gasteiger partial charge in [-0.3, -0.25) is 9.59 Å². The highest BCUT2D eigenvalue weighted by Crippen LogP contribution is 2.16. The summed E-state index contributed by atoms with van der Waals surface area (Å²) in [5.41, 5.74) is 1.25. The Morgan fingerprint density at radius 3 is 2.48 bits per heavy atom. The molecule has 2 rings (SSSR count). The van der Waals surface area contributed by atoms with Gasteiger partial charge in [0, 0.05) is 17.5 Å². The zero-order valence-corrected chi connectivity index (χ0v) is 13.0. The average molecular weight is 316 g/mol. The number of aliphatic hydroxyl groups is 2. The number of amides is 1. The number of carbonyl (C=O) groups excluding carboxylic acids is 1. The van der Waals surface area contributed by atoms with Gasteiger partial charge in [-0.1, -0.05) is 30.3 Å². The highest BCUT2D eigenvalue weighted by Gasteiger charge is 2.24. The predicted octanol–water partition coefficient (Wildman–Crippen LogP) is 0.816. The fourth-order valence-corrected chi connectivity index (χ4v) is 2.48. The first kappa shape index (κ1) is 16.9. The van der Waals surface area contributed by atoms with E-state index in [1.807, 2.05) is 0 Å². The van der Waals surface area contributed by atoms with Crippen LogP contribution in [0.4, 0.5) is 0 Å². The quantitative estimate of drug-likeness (QED) is 0.655. The second-order valence-electron chi connectivity index (χ2n) is 5.43. The smallest absolute Gasteiger partial charge is 0.257 e. The second-order valence-corrected chi connectivity index (χ2v) is 5.43. The SMILES string of the molecule is Cc1cc(=O)c(C(=O)N[C@@H](CO)[C@@H](O)c2ccccc2)c(C)[nH]1. The van der Waals surface area contributed by atoms with Crippen LogP contribution in [-0.2, 0) is 0 Å². The van der Waals surface area contributed by atoms with Crippen molar-refractivity contribution >= 4 is 5.91 Å². The third kappa shape index (κ3) is 3.85. The molecule has 122 valence electrons. The van der Waals surface area contributed by atoms with Crippen LogP contribution in [0.15, 0.2) is 41.2 Å². The van der Waals surface area contributed by atoms with Crippen LogP contribution < -0.4 is 10.7 Å².